The molecule has 0 amide bonds. The third-order valence-corrected chi connectivity index (χ3v) is 2.05. The predicted molar refractivity (Wildman–Crippen MR) is 54.7 cm³/mol. The van der Waals surface area contributed by atoms with Crippen molar-refractivity contribution in [3.63, 3.8) is 0 Å². The molecule has 14 heavy (non-hydrogen) atoms. The molecule has 0 aliphatic heterocycles. The maximum Gasteiger partial charge on any atom is 0.123 e. The number of hydrogen-bond acceptors (Lipinski definition) is 3. The molecule has 1 aromatic heterocycles. The van der Waals surface area contributed by atoms with Gasteiger partial charge >= 0.3 is 0 Å². The smallest absolute Gasteiger partial charge is 0.123 e. The normalized spacial score (nSPS) is 14.7. The van der Waals surface area contributed by atoms with Crippen LogP contribution in [-0.4, -0.2) is 21.9 Å². The number of aromatic nitrogens is 2. The van der Waals surface area contributed by atoms with Gasteiger partial charge < -0.3 is 0 Å². The van der Waals surface area contributed by atoms with Crippen molar-refractivity contribution in [1.29, 1.82) is 5.26 Å². The molecule has 0 bridgehead atoms. The molecule has 0 aliphatic rings. The molecule has 1 rings (SSSR count). The first-order valence-corrected chi connectivity index (χ1v) is 4.75. The second kappa shape index (κ2) is 4.25. The van der Waals surface area contributed by atoms with Crippen molar-refractivity contribution in [1.82, 2.24) is 15.1 Å². The summed E-state index contributed by atoms with van der Waals surface area (Å²) in [6.45, 7) is 7.22. The summed E-state index contributed by atoms with van der Waals surface area (Å²) in [7, 11) is 0. The Balaban J connectivity index is 2.71. The Morgan fingerprint density at radius 2 is 2.43 bits per heavy atom. The van der Waals surface area contributed by atoms with Crippen LogP contribution in [0.15, 0.2) is 12.4 Å². The van der Waals surface area contributed by atoms with E-state index in [1.54, 1.807) is 10.9 Å². The van der Waals surface area contributed by atoms with Gasteiger partial charge in [0.25, 0.3) is 0 Å². The zero-order valence-corrected chi connectivity index (χ0v) is 8.91. The number of aryl methyl sites for hydroxylation is 1. The van der Waals surface area contributed by atoms with Gasteiger partial charge in [0.15, 0.2) is 0 Å². The average molecular weight is 192 g/mol. The first-order chi connectivity index (χ1) is 6.59. The molecule has 0 saturated heterocycles. The number of nitriles is 1. The second-order valence-electron chi connectivity index (χ2n) is 3.69. The van der Waals surface area contributed by atoms with Crippen molar-refractivity contribution in [2.24, 2.45) is 0 Å². The van der Waals surface area contributed by atoms with Gasteiger partial charge in [0.1, 0.15) is 5.54 Å². The Hall–Kier alpha value is -1.34. The van der Waals surface area contributed by atoms with Crippen LogP contribution in [-0.2, 0) is 6.54 Å². The van der Waals surface area contributed by atoms with Crippen LogP contribution in [0.25, 0.3) is 0 Å². The molecule has 1 unspecified atom stereocenters. The van der Waals surface area contributed by atoms with Crippen molar-refractivity contribution in [2.45, 2.75) is 32.9 Å². The van der Waals surface area contributed by atoms with Crippen molar-refractivity contribution in [3.8, 4) is 6.07 Å². The van der Waals surface area contributed by atoms with E-state index in [0.29, 0.717) is 6.54 Å². The molecule has 76 valence electrons. The van der Waals surface area contributed by atoms with Gasteiger partial charge in [-0.1, -0.05) is 6.92 Å². The van der Waals surface area contributed by atoms with Gasteiger partial charge in [0.05, 0.1) is 18.8 Å². The Bertz CT molecular complexity index is 336. The second-order valence-corrected chi connectivity index (χ2v) is 3.69. The Morgan fingerprint density at radius 1 is 1.71 bits per heavy atom. The third-order valence-electron chi connectivity index (χ3n) is 2.05. The van der Waals surface area contributed by atoms with Crippen LogP contribution in [0, 0.1) is 18.3 Å². The first-order valence-electron chi connectivity index (χ1n) is 4.75. The van der Waals surface area contributed by atoms with Gasteiger partial charge in [-0.05, 0) is 26.0 Å². The van der Waals surface area contributed by atoms with E-state index in [0.717, 1.165) is 12.1 Å². The Labute approximate surface area is 84.5 Å². The molecule has 4 heteroatoms. The topological polar surface area (TPSA) is 53.6 Å². The highest BCUT2D eigenvalue weighted by molar-refractivity contribution is 5.06. The summed E-state index contributed by atoms with van der Waals surface area (Å²) >= 11 is 0. The summed E-state index contributed by atoms with van der Waals surface area (Å²) in [6.07, 6.45) is 3.73. The largest absolute Gasteiger partial charge is 0.298 e. The number of nitrogens with zero attached hydrogens (tertiary/aromatic N) is 3. The number of likely N-dealkylation sites (N-methyl/N-ethyl adjacent to an activating group) is 1. The lowest BCUT2D eigenvalue weighted by Crippen LogP contribution is -2.44. The van der Waals surface area contributed by atoms with E-state index in [4.69, 9.17) is 5.26 Å². The molecule has 0 saturated carbocycles. The van der Waals surface area contributed by atoms with E-state index in [-0.39, 0.29) is 0 Å². The molecule has 4 nitrogen and oxygen atoms in total. The minimum atomic E-state index is -0.535. The summed E-state index contributed by atoms with van der Waals surface area (Å²) in [5.41, 5.74) is 0.578. The fourth-order valence-electron chi connectivity index (χ4n) is 1.40. The molecule has 1 aromatic rings. The van der Waals surface area contributed by atoms with Crippen molar-refractivity contribution < 1.29 is 0 Å². The van der Waals surface area contributed by atoms with Crippen LogP contribution in [0.4, 0.5) is 0 Å². The lowest BCUT2D eigenvalue weighted by atomic mass is 10.1. The Kier molecular flexibility index (Phi) is 3.26. The fraction of sp³-hybridized carbons (Fsp3) is 0.600. The Morgan fingerprint density at radius 3 is 2.86 bits per heavy atom. The highest BCUT2D eigenvalue weighted by Gasteiger charge is 2.23. The van der Waals surface area contributed by atoms with Crippen LogP contribution < -0.4 is 5.32 Å². The van der Waals surface area contributed by atoms with Crippen LogP contribution in [0.1, 0.15) is 19.4 Å². The monoisotopic (exact) mass is 192 g/mol. The van der Waals surface area contributed by atoms with Crippen molar-refractivity contribution in [2.75, 3.05) is 6.54 Å². The zero-order chi connectivity index (χ0) is 10.6. The molecule has 0 radical (unpaired) electrons. The SMILES string of the molecule is CCNC(C)(C#N)Cn1cc(C)cn1. The van der Waals surface area contributed by atoms with Crippen LogP contribution in [0.2, 0.25) is 0 Å². The number of nitrogens with one attached hydrogen (secondary N) is 1. The van der Waals surface area contributed by atoms with Crippen molar-refractivity contribution >= 4 is 0 Å². The van der Waals surface area contributed by atoms with Gasteiger partial charge in [0.2, 0.25) is 0 Å². The molecule has 1 atom stereocenters. The lowest BCUT2D eigenvalue weighted by molar-refractivity contribution is 0.378. The van der Waals surface area contributed by atoms with Gasteiger partial charge in [-0.2, -0.15) is 10.4 Å². The average Bonchev–Trinajstić information content (AvgIpc) is 2.51. The molecule has 0 aromatic carbocycles. The first kappa shape index (κ1) is 10.7. The molecule has 0 fully saturated rings. The van der Waals surface area contributed by atoms with E-state index < -0.39 is 5.54 Å². The lowest BCUT2D eigenvalue weighted by Gasteiger charge is -2.22. The minimum absolute atomic E-state index is 0.535. The van der Waals surface area contributed by atoms with E-state index in [2.05, 4.69) is 16.5 Å². The summed E-state index contributed by atoms with van der Waals surface area (Å²) < 4.78 is 1.79. The molecule has 1 N–H and O–H groups in total. The molecular formula is C10H16N4. The van der Waals surface area contributed by atoms with Crippen LogP contribution in [0.5, 0.6) is 0 Å². The molecule has 1 heterocycles. The summed E-state index contributed by atoms with van der Waals surface area (Å²) in [5.74, 6) is 0. The number of rotatable bonds is 4. The summed E-state index contributed by atoms with van der Waals surface area (Å²) in [5, 5.41) is 16.3. The standard InChI is InChI=1S/C10H16N4/c1-4-12-10(3,7-11)8-14-6-9(2)5-13-14/h5-6,12H,4,8H2,1-3H3. The quantitative estimate of drug-likeness (QED) is 0.776. The highest BCUT2D eigenvalue weighted by atomic mass is 15.3. The van der Waals surface area contributed by atoms with Crippen molar-refractivity contribution in [3.05, 3.63) is 18.0 Å². The highest BCUT2D eigenvalue weighted by Crippen LogP contribution is 2.06. The molecule has 0 aliphatic carbocycles. The minimum Gasteiger partial charge on any atom is -0.298 e. The van der Waals surface area contributed by atoms with Gasteiger partial charge in [-0.15, -0.1) is 0 Å². The van der Waals surface area contributed by atoms with Gasteiger partial charge in [0, 0.05) is 6.20 Å². The summed E-state index contributed by atoms with van der Waals surface area (Å²) in [6, 6.07) is 2.27. The number of hydrogen-bond donors (Lipinski definition) is 1. The van der Waals surface area contributed by atoms with E-state index in [1.807, 2.05) is 27.0 Å². The van der Waals surface area contributed by atoms with Gasteiger partial charge in [-0.3, -0.25) is 10.00 Å². The van der Waals surface area contributed by atoms with E-state index in [9.17, 15) is 0 Å². The molecular weight excluding hydrogens is 176 g/mol. The van der Waals surface area contributed by atoms with E-state index in [1.165, 1.54) is 0 Å². The third kappa shape index (κ3) is 2.57. The van der Waals surface area contributed by atoms with E-state index >= 15 is 0 Å². The summed E-state index contributed by atoms with van der Waals surface area (Å²) in [4.78, 5) is 0. The fourth-order valence-corrected chi connectivity index (χ4v) is 1.40. The van der Waals surface area contributed by atoms with Crippen LogP contribution in [0.3, 0.4) is 0 Å². The molecule has 0 spiro atoms. The van der Waals surface area contributed by atoms with Crippen LogP contribution >= 0.6 is 0 Å². The van der Waals surface area contributed by atoms with Gasteiger partial charge in [-0.25, -0.2) is 0 Å². The maximum absolute atomic E-state index is 9.03. The predicted octanol–water partition coefficient (Wildman–Crippen LogP) is 1.08. The zero-order valence-electron chi connectivity index (χ0n) is 8.91. The maximum atomic E-state index is 9.03.